The van der Waals surface area contributed by atoms with Gasteiger partial charge < -0.3 is 4.57 Å². The van der Waals surface area contributed by atoms with E-state index in [4.69, 9.17) is 0 Å². The highest BCUT2D eigenvalue weighted by Crippen LogP contribution is 2.02. The van der Waals surface area contributed by atoms with E-state index in [-0.39, 0.29) is 0 Å². The van der Waals surface area contributed by atoms with E-state index < -0.39 is 0 Å². The average Bonchev–Trinajstić information content (AvgIpc) is 2.85. The first-order valence-electron chi connectivity index (χ1n) is 5.93. The van der Waals surface area contributed by atoms with Gasteiger partial charge in [-0.15, -0.1) is 0 Å². The third-order valence-electron chi connectivity index (χ3n) is 3.05. The summed E-state index contributed by atoms with van der Waals surface area (Å²) in [5.74, 6) is 0. The number of hydrogen-bond acceptors (Lipinski definition) is 0. The maximum atomic E-state index is 2.29. The summed E-state index contributed by atoms with van der Waals surface area (Å²) >= 11 is 0. The van der Waals surface area contributed by atoms with Crippen LogP contribution >= 0.6 is 0 Å². The summed E-state index contributed by atoms with van der Waals surface area (Å²) in [7, 11) is 2.10. The molecule has 86 valence electrons. The van der Waals surface area contributed by atoms with Gasteiger partial charge in [0.2, 0.25) is 6.33 Å². The van der Waals surface area contributed by atoms with E-state index in [2.05, 4.69) is 65.5 Å². The van der Waals surface area contributed by atoms with Crippen molar-refractivity contribution < 1.29 is 4.57 Å². The van der Waals surface area contributed by atoms with Crippen LogP contribution in [0, 0.1) is 0 Å². The van der Waals surface area contributed by atoms with Gasteiger partial charge in [0.05, 0.1) is 7.05 Å². The predicted octanol–water partition coefficient (Wildman–Crippen LogP) is 1.74. The second-order valence-corrected chi connectivity index (χ2v) is 4.18. The van der Waals surface area contributed by atoms with Crippen LogP contribution in [0.3, 0.4) is 0 Å². The maximum absolute atomic E-state index is 2.29. The summed E-state index contributed by atoms with van der Waals surface area (Å²) in [5.41, 5.74) is 2.75. The Morgan fingerprint density at radius 2 is 1.94 bits per heavy atom. The molecule has 0 spiro atoms. The SMILES string of the molecule is CCc1c[n+](Cn2cccc2CC)cn1C. The molecule has 2 rings (SSSR count). The zero-order valence-electron chi connectivity index (χ0n) is 10.3. The topological polar surface area (TPSA) is 13.7 Å². The van der Waals surface area contributed by atoms with E-state index in [1.807, 2.05) is 0 Å². The van der Waals surface area contributed by atoms with Crippen molar-refractivity contribution >= 4 is 0 Å². The number of rotatable bonds is 4. The molecule has 0 bridgehead atoms. The fourth-order valence-electron chi connectivity index (χ4n) is 2.11. The van der Waals surface area contributed by atoms with Gasteiger partial charge in [-0.1, -0.05) is 13.8 Å². The van der Waals surface area contributed by atoms with E-state index >= 15 is 0 Å². The normalized spacial score (nSPS) is 10.9. The second-order valence-electron chi connectivity index (χ2n) is 4.18. The molecular weight excluding hydrogens is 198 g/mol. The zero-order valence-corrected chi connectivity index (χ0v) is 10.3. The van der Waals surface area contributed by atoms with Gasteiger partial charge in [-0.3, -0.25) is 0 Å². The molecule has 0 amide bonds. The van der Waals surface area contributed by atoms with Gasteiger partial charge in [-0.2, -0.15) is 0 Å². The van der Waals surface area contributed by atoms with Crippen molar-refractivity contribution in [1.82, 2.24) is 9.13 Å². The average molecular weight is 218 g/mol. The molecule has 3 nitrogen and oxygen atoms in total. The smallest absolute Gasteiger partial charge is 0.245 e. The third-order valence-corrected chi connectivity index (χ3v) is 3.05. The molecule has 0 aromatic carbocycles. The molecule has 0 aliphatic heterocycles. The highest BCUT2D eigenvalue weighted by molar-refractivity contribution is 5.06. The summed E-state index contributed by atoms with van der Waals surface area (Å²) in [5, 5.41) is 0. The van der Waals surface area contributed by atoms with Gasteiger partial charge in [-0.05, 0) is 18.6 Å². The van der Waals surface area contributed by atoms with Crippen molar-refractivity contribution in [3.05, 3.63) is 42.2 Å². The van der Waals surface area contributed by atoms with E-state index in [9.17, 15) is 0 Å². The zero-order chi connectivity index (χ0) is 11.5. The first-order valence-corrected chi connectivity index (χ1v) is 5.93. The molecule has 3 heteroatoms. The minimum absolute atomic E-state index is 0.907. The molecule has 0 atom stereocenters. The molecule has 16 heavy (non-hydrogen) atoms. The Hall–Kier alpha value is -1.51. The molecule has 0 saturated heterocycles. The molecule has 2 heterocycles. The van der Waals surface area contributed by atoms with Crippen molar-refractivity contribution in [2.24, 2.45) is 7.05 Å². The Labute approximate surface area is 96.9 Å². The largest absolute Gasteiger partial charge is 0.315 e. The van der Waals surface area contributed by atoms with Crippen LogP contribution in [0.2, 0.25) is 0 Å². The number of aromatic nitrogens is 3. The quantitative estimate of drug-likeness (QED) is 0.694. The standard InChI is InChI=1S/C13H20N3/c1-4-12-7-6-8-16(12)11-15-9-13(5-2)14(3)10-15/h6-10H,4-5,11H2,1-3H3/q+1. The minimum atomic E-state index is 0.907. The second kappa shape index (κ2) is 4.56. The summed E-state index contributed by atoms with van der Waals surface area (Å²) in [6.07, 6.45) is 8.68. The summed E-state index contributed by atoms with van der Waals surface area (Å²) in [6, 6.07) is 4.30. The molecule has 0 fully saturated rings. The van der Waals surface area contributed by atoms with E-state index in [1.54, 1.807) is 0 Å². The Kier molecular flexibility index (Phi) is 3.13. The van der Waals surface area contributed by atoms with E-state index in [0.717, 1.165) is 19.5 Å². The maximum Gasteiger partial charge on any atom is 0.245 e. The Balaban J connectivity index is 2.20. The first kappa shape index (κ1) is 11.0. The lowest BCUT2D eigenvalue weighted by molar-refractivity contribution is -0.701. The van der Waals surface area contributed by atoms with Gasteiger partial charge in [0, 0.05) is 18.3 Å². The Morgan fingerprint density at radius 1 is 1.19 bits per heavy atom. The van der Waals surface area contributed by atoms with Crippen molar-refractivity contribution in [2.45, 2.75) is 33.4 Å². The highest BCUT2D eigenvalue weighted by Gasteiger charge is 2.09. The molecule has 0 aliphatic rings. The van der Waals surface area contributed by atoms with Crippen LogP contribution in [0.5, 0.6) is 0 Å². The van der Waals surface area contributed by atoms with Crippen LogP contribution in [-0.2, 0) is 26.6 Å². The summed E-state index contributed by atoms with van der Waals surface area (Å²) in [6.45, 7) is 5.29. The molecule has 0 unspecified atom stereocenters. The van der Waals surface area contributed by atoms with Crippen molar-refractivity contribution in [3.63, 3.8) is 0 Å². The van der Waals surface area contributed by atoms with Gasteiger partial charge in [-0.25, -0.2) is 9.13 Å². The van der Waals surface area contributed by atoms with Gasteiger partial charge in [0.15, 0.2) is 6.67 Å². The monoisotopic (exact) mass is 218 g/mol. The van der Waals surface area contributed by atoms with Gasteiger partial charge in [0.25, 0.3) is 0 Å². The predicted molar refractivity (Wildman–Crippen MR) is 64.2 cm³/mol. The molecule has 2 aromatic rings. The Morgan fingerprint density at radius 3 is 2.56 bits per heavy atom. The van der Waals surface area contributed by atoms with Crippen LogP contribution in [0.25, 0.3) is 0 Å². The number of hydrogen-bond donors (Lipinski definition) is 0. The van der Waals surface area contributed by atoms with Crippen LogP contribution < -0.4 is 4.57 Å². The fraction of sp³-hybridized carbons (Fsp3) is 0.462. The summed E-state index contributed by atoms with van der Waals surface area (Å²) < 4.78 is 6.71. The first-order chi connectivity index (χ1) is 7.74. The lowest BCUT2D eigenvalue weighted by Gasteiger charge is -2.03. The molecule has 2 aromatic heterocycles. The summed E-state index contributed by atoms with van der Waals surface area (Å²) in [4.78, 5) is 0. The van der Waals surface area contributed by atoms with Crippen molar-refractivity contribution in [2.75, 3.05) is 0 Å². The minimum Gasteiger partial charge on any atom is -0.315 e. The number of nitrogens with zero attached hydrogens (tertiary/aromatic N) is 3. The van der Waals surface area contributed by atoms with Crippen LogP contribution in [-0.4, -0.2) is 9.13 Å². The Bertz CT molecular complexity index is 465. The molecule has 0 N–H and O–H groups in total. The number of imidazole rings is 1. The van der Waals surface area contributed by atoms with E-state index in [1.165, 1.54) is 11.4 Å². The lowest BCUT2D eigenvalue weighted by atomic mass is 10.3. The van der Waals surface area contributed by atoms with Crippen LogP contribution in [0.1, 0.15) is 25.2 Å². The van der Waals surface area contributed by atoms with Crippen LogP contribution in [0.15, 0.2) is 30.9 Å². The number of aryl methyl sites for hydroxylation is 3. The highest BCUT2D eigenvalue weighted by atomic mass is 15.2. The van der Waals surface area contributed by atoms with Crippen molar-refractivity contribution in [1.29, 1.82) is 0 Å². The van der Waals surface area contributed by atoms with Crippen molar-refractivity contribution in [3.8, 4) is 0 Å². The van der Waals surface area contributed by atoms with E-state index in [0.29, 0.717) is 0 Å². The fourth-order valence-corrected chi connectivity index (χ4v) is 2.11. The molecular formula is C13H20N3+. The molecule has 0 radical (unpaired) electrons. The lowest BCUT2D eigenvalue weighted by Crippen LogP contribution is -2.35. The van der Waals surface area contributed by atoms with Gasteiger partial charge >= 0.3 is 0 Å². The third kappa shape index (κ3) is 2.03. The van der Waals surface area contributed by atoms with Gasteiger partial charge in [0.1, 0.15) is 11.9 Å². The molecule has 0 saturated carbocycles. The van der Waals surface area contributed by atoms with Crippen LogP contribution in [0.4, 0.5) is 0 Å². The molecule has 0 aliphatic carbocycles.